The molecule has 1 aromatic heterocycles. The number of aromatic nitrogens is 2. The average Bonchev–Trinajstić information content (AvgIpc) is 2.77. The molecule has 0 unspecified atom stereocenters. The molecule has 0 aromatic carbocycles. The molecule has 0 spiro atoms. The molecule has 0 aliphatic heterocycles. The zero-order chi connectivity index (χ0) is 11.3. The smallest absolute Gasteiger partial charge is 0.0662 e. The van der Waals surface area contributed by atoms with Crippen molar-refractivity contribution in [1.82, 2.24) is 15.1 Å². The summed E-state index contributed by atoms with van der Waals surface area (Å²) in [4.78, 5) is 0. The second-order valence-corrected chi connectivity index (χ2v) is 3.99. The number of nitrogens with zero attached hydrogens (tertiary/aromatic N) is 2. The summed E-state index contributed by atoms with van der Waals surface area (Å²) in [5, 5.41) is 16.9. The predicted octanol–water partition coefficient (Wildman–Crippen LogP) is 1.19. The number of hydrogen-bond donors (Lipinski definition) is 2. The lowest BCUT2D eigenvalue weighted by atomic mass is 10.1. The SMILES string of the molecule is CC[C@H](O)CN[C@@H](C)[C@@H](C)n1cccn1. The minimum absolute atomic E-state index is 0.253. The molecule has 86 valence electrons. The van der Waals surface area contributed by atoms with Crippen LogP contribution >= 0.6 is 0 Å². The van der Waals surface area contributed by atoms with Crippen molar-refractivity contribution in [2.45, 2.75) is 45.4 Å². The van der Waals surface area contributed by atoms with E-state index in [0.717, 1.165) is 6.42 Å². The fourth-order valence-corrected chi connectivity index (χ4v) is 1.39. The van der Waals surface area contributed by atoms with Gasteiger partial charge in [0, 0.05) is 25.0 Å². The zero-order valence-corrected chi connectivity index (χ0v) is 9.72. The van der Waals surface area contributed by atoms with Crippen molar-refractivity contribution in [3.8, 4) is 0 Å². The lowest BCUT2D eigenvalue weighted by Crippen LogP contribution is -2.38. The van der Waals surface area contributed by atoms with Gasteiger partial charge in [-0.1, -0.05) is 6.92 Å². The first-order valence-corrected chi connectivity index (χ1v) is 5.55. The molecule has 0 saturated carbocycles. The van der Waals surface area contributed by atoms with Gasteiger partial charge in [0.15, 0.2) is 0 Å². The topological polar surface area (TPSA) is 50.1 Å². The van der Waals surface area contributed by atoms with Crippen LogP contribution in [0.25, 0.3) is 0 Å². The molecule has 4 heteroatoms. The molecule has 2 N–H and O–H groups in total. The molecule has 0 amide bonds. The van der Waals surface area contributed by atoms with E-state index in [2.05, 4.69) is 24.3 Å². The molecule has 3 atom stereocenters. The maximum atomic E-state index is 9.43. The van der Waals surface area contributed by atoms with Crippen molar-refractivity contribution in [3.63, 3.8) is 0 Å². The van der Waals surface area contributed by atoms with Gasteiger partial charge in [0.05, 0.1) is 12.1 Å². The second kappa shape index (κ2) is 5.88. The summed E-state index contributed by atoms with van der Waals surface area (Å²) >= 11 is 0. The summed E-state index contributed by atoms with van der Waals surface area (Å²) in [5.41, 5.74) is 0. The van der Waals surface area contributed by atoms with Crippen LogP contribution in [-0.2, 0) is 0 Å². The lowest BCUT2D eigenvalue weighted by Gasteiger charge is -2.23. The molecule has 0 saturated heterocycles. The van der Waals surface area contributed by atoms with Crippen molar-refractivity contribution in [1.29, 1.82) is 0 Å². The van der Waals surface area contributed by atoms with Crippen LogP contribution in [0.3, 0.4) is 0 Å². The summed E-state index contributed by atoms with van der Waals surface area (Å²) < 4.78 is 1.93. The molecular formula is C11H21N3O. The summed E-state index contributed by atoms with van der Waals surface area (Å²) in [6.07, 6.45) is 4.27. The van der Waals surface area contributed by atoms with Crippen molar-refractivity contribution in [2.24, 2.45) is 0 Å². The Morgan fingerprint density at radius 2 is 2.20 bits per heavy atom. The van der Waals surface area contributed by atoms with Gasteiger partial charge in [-0.15, -0.1) is 0 Å². The van der Waals surface area contributed by atoms with Crippen molar-refractivity contribution < 1.29 is 5.11 Å². The van der Waals surface area contributed by atoms with E-state index >= 15 is 0 Å². The molecule has 0 aliphatic rings. The van der Waals surface area contributed by atoms with Gasteiger partial charge in [0.25, 0.3) is 0 Å². The first-order valence-electron chi connectivity index (χ1n) is 5.55. The van der Waals surface area contributed by atoms with Gasteiger partial charge in [-0.05, 0) is 26.3 Å². The van der Waals surface area contributed by atoms with Crippen LogP contribution in [-0.4, -0.2) is 33.6 Å². The Balaban J connectivity index is 2.37. The minimum Gasteiger partial charge on any atom is -0.392 e. The van der Waals surface area contributed by atoms with Crippen LogP contribution < -0.4 is 5.32 Å². The first kappa shape index (κ1) is 12.2. The largest absolute Gasteiger partial charge is 0.392 e. The predicted molar refractivity (Wildman–Crippen MR) is 60.7 cm³/mol. The molecule has 0 aliphatic carbocycles. The van der Waals surface area contributed by atoms with E-state index < -0.39 is 0 Å². The summed E-state index contributed by atoms with van der Waals surface area (Å²) in [6.45, 7) is 6.84. The number of aliphatic hydroxyl groups excluding tert-OH is 1. The van der Waals surface area contributed by atoms with E-state index in [0.29, 0.717) is 18.6 Å². The van der Waals surface area contributed by atoms with Crippen LogP contribution in [0.2, 0.25) is 0 Å². The normalized spacial score (nSPS) is 17.3. The standard InChI is InChI=1S/C11H21N3O/c1-4-11(15)8-12-9(2)10(3)14-7-5-6-13-14/h5-7,9-12,15H,4,8H2,1-3H3/t9-,10+,11-/m0/s1. The number of hydrogen-bond acceptors (Lipinski definition) is 3. The van der Waals surface area contributed by atoms with E-state index in [1.165, 1.54) is 0 Å². The molecule has 1 heterocycles. The highest BCUT2D eigenvalue weighted by Gasteiger charge is 2.14. The highest BCUT2D eigenvalue weighted by molar-refractivity contribution is 4.83. The fraction of sp³-hybridized carbons (Fsp3) is 0.727. The molecule has 15 heavy (non-hydrogen) atoms. The van der Waals surface area contributed by atoms with E-state index in [4.69, 9.17) is 0 Å². The second-order valence-electron chi connectivity index (χ2n) is 3.99. The molecular weight excluding hydrogens is 190 g/mol. The lowest BCUT2D eigenvalue weighted by molar-refractivity contribution is 0.159. The van der Waals surface area contributed by atoms with Gasteiger partial charge in [0.1, 0.15) is 0 Å². The number of nitrogens with one attached hydrogen (secondary N) is 1. The first-order chi connectivity index (χ1) is 7.15. The highest BCUT2D eigenvalue weighted by Crippen LogP contribution is 2.08. The maximum absolute atomic E-state index is 9.43. The van der Waals surface area contributed by atoms with Crippen molar-refractivity contribution >= 4 is 0 Å². The van der Waals surface area contributed by atoms with Gasteiger partial charge < -0.3 is 10.4 Å². The third kappa shape index (κ3) is 3.64. The van der Waals surface area contributed by atoms with Crippen LogP contribution in [0.1, 0.15) is 33.2 Å². The Hall–Kier alpha value is -0.870. The van der Waals surface area contributed by atoms with Gasteiger partial charge in [0.2, 0.25) is 0 Å². The van der Waals surface area contributed by atoms with Gasteiger partial charge in [-0.3, -0.25) is 4.68 Å². The Labute approximate surface area is 91.3 Å². The molecule has 1 rings (SSSR count). The number of aliphatic hydroxyl groups is 1. The number of rotatable bonds is 6. The average molecular weight is 211 g/mol. The Bertz CT molecular complexity index is 261. The molecule has 0 fully saturated rings. The Kier molecular flexibility index (Phi) is 4.78. The molecule has 4 nitrogen and oxygen atoms in total. The minimum atomic E-state index is -0.253. The van der Waals surface area contributed by atoms with E-state index in [-0.39, 0.29) is 6.10 Å². The summed E-state index contributed by atoms with van der Waals surface area (Å²) in [6, 6.07) is 2.51. The third-order valence-electron chi connectivity index (χ3n) is 2.81. The molecule has 0 radical (unpaired) electrons. The van der Waals surface area contributed by atoms with Crippen LogP contribution in [0.15, 0.2) is 18.5 Å². The summed E-state index contributed by atoms with van der Waals surface area (Å²) in [5.74, 6) is 0. The van der Waals surface area contributed by atoms with E-state index in [1.807, 2.05) is 23.9 Å². The van der Waals surface area contributed by atoms with Crippen molar-refractivity contribution in [3.05, 3.63) is 18.5 Å². The monoisotopic (exact) mass is 211 g/mol. The van der Waals surface area contributed by atoms with Gasteiger partial charge >= 0.3 is 0 Å². The maximum Gasteiger partial charge on any atom is 0.0662 e. The third-order valence-corrected chi connectivity index (χ3v) is 2.81. The Morgan fingerprint density at radius 1 is 1.47 bits per heavy atom. The van der Waals surface area contributed by atoms with E-state index in [9.17, 15) is 5.11 Å². The summed E-state index contributed by atoms with van der Waals surface area (Å²) in [7, 11) is 0. The zero-order valence-electron chi connectivity index (χ0n) is 9.72. The molecule has 1 aromatic rings. The van der Waals surface area contributed by atoms with Crippen LogP contribution in [0, 0.1) is 0 Å². The van der Waals surface area contributed by atoms with Crippen LogP contribution in [0.5, 0.6) is 0 Å². The highest BCUT2D eigenvalue weighted by atomic mass is 16.3. The molecule has 0 bridgehead atoms. The Morgan fingerprint density at radius 3 is 2.73 bits per heavy atom. The van der Waals surface area contributed by atoms with Crippen LogP contribution in [0.4, 0.5) is 0 Å². The quantitative estimate of drug-likeness (QED) is 0.743. The van der Waals surface area contributed by atoms with Gasteiger partial charge in [-0.25, -0.2) is 0 Å². The van der Waals surface area contributed by atoms with Crippen molar-refractivity contribution in [2.75, 3.05) is 6.54 Å². The van der Waals surface area contributed by atoms with E-state index in [1.54, 1.807) is 6.20 Å². The fourth-order valence-electron chi connectivity index (χ4n) is 1.39. The van der Waals surface area contributed by atoms with Gasteiger partial charge in [-0.2, -0.15) is 5.10 Å².